The number of hydrogen-bond acceptors (Lipinski definition) is 3. The first-order valence-electron chi connectivity index (χ1n) is 7.07. The molecule has 0 fully saturated rings. The van der Waals surface area contributed by atoms with Crippen LogP contribution in [0.25, 0.3) is 0 Å². The second kappa shape index (κ2) is 13.9. The number of aliphatic hydroxyl groups excluding tert-OH is 1. The Kier molecular flexibility index (Phi) is 13.8. The van der Waals surface area contributed by atoms with Crippen molar-refractivity contribution in [2.45, 2.75) is 52.4 Å². The number of aliphatic hydroxyl groups is 1. The molecule has 0 aliphatic rings. The standard InChI is InChI=1S/C14H30O3/c1-3-4-5-6-7-14(2)8-10-16-12-13-17-11-9-15/h14-15H,3-13H2,1-2H3. The Balaban J connectivity index is 3.08. The SMILES string of the molecule is CCCCCCC(C)CCOCCOCCO. The summed E-state index contributed by atoms with van der Waals surface area (Å²) in [6.45, 7) is 7.12. The van der Waals surface area contributed by atoms with Gasteiger partial charge in [0.25, 0.3) is 0 Å². The second-order valence-electron chi connectivity index (χ2n) is 4.69. The van der Waals surface area contributed by atoms with Gasteiger partial charge in [0, 0.05) is 6.61 Å². The van der Waals surface area contributed by atoms with Crippen LogP contribution in [0.1, 0.15) is 52.4 Å². The molecule has 3 nitrogen and oxygen atoms in total. The van der Waals surface area contributed by atoms with Crippen molar-refractivity contribution in [1.29, 1.82) is 0 Å². The van der Waals surface area contributed by atoms with Gasteiger partial charge < -0.3 is 14.6 Å². The van der Waals surface area contributed by atoms with Gasteiger partial charge >= 0.3 is 0 Å². The number of hydrogen-bond donors (Lipinski definition) is 1. The highest BCUT2D eigenvalue weighted by molar-refractivity contribution is 4.53. The Morgan fingerprint density at radius 1 is 0.882 bits per heavy atom. The van der Waals surface area contributed by atoms with Crippen molar-refractivity contribution in [3.8, 4) is 0 Å². The Morgan fingerprint density at radius 3 is 2.24 bits per heavy atom. The average Bonchev–Trinajstić information content (AvgIpc) is 2.33. The average molecular weight is 246 g/mol. The van der Waals surface area contributed by atoms with Gasteiger partial charge in [-0.3, -0.25) is 0 Å². The highest BCUT2D eigenvalue weighted by atomic mass is 16.5. The third kappa shape index (κ3) is 13.8. The van der Waals surface area contributed by atoms with E-state index in [-0.39, 0.29) is 6.61 Å². The molecule has 0 bridgehead atoms. The molecule has 0 radical (unpaired) electrons. The smallest absolute Gasteiger partial charge is 0.0701 e. The molecular weight excluding hydrogens is 216 g/mol. The molecule has 0 amide bonds. The zero-order valence-electron chi connectivity index (χ0n) is 11.6. The lowest BCUT2D eigenvalue weighted by Gasteiger charge is -2.11. The van der Waals surface area contributed by atoms with E-state index in [9.17, 15) is 0 Å². The van der Waals surface area contributed by atoms with E-state index in [1.165, 1.54) is 32.1 Å². The van der Waals surface area contributed by atoms with Crippen LogP contribution in [0.4, 0.5) is 0 Å². The summed E-state index contributed by atoms with van der Waals surface area (Å²) < 4.78 is 10.6. The van der Waals surface area contributed by atoms with Crippen molar-refractivity contribution < 1.29 is 14.6 Å². The molecule has 0 aromatic carbocycles. The van der Waals surface area contributed by atoms with Gasteiger partial charge in [0.1, 0.15) is 0 Å². The number of rotatable bonds is 13. The maximum absolute atomic E-state index is 8.50. The number of unbranched alkanes of at least 4 members (excludes halogenated alkanes) is 3. The quantitative estimate of drug-likeness (QED) is 0.508. The molecule has 0 saturated carbocycles. The van der Waals surface area contributed by atoms with Crippen molar-refractivity contribution in [2.75, 3.05) is 33.0 Å². The summed E-state index contributed by atoms with van der Waals surface area (Å²) in [4.78, 5) is 0. The van der Waals surface area contributed by atoms with Crippen LogP contribution in [0, 0.1) is 5.92 Å². The molecule has 104 valence electrons. The molecule has 1 atom stereocenters. The molecule has 17 heavy (non-hydrogen) atoms. The van der Waals surface area contributed by atoms with Crippen molar-refractivity contribution in [3.63, 3.8) is 0 Å². The maximum atomic E-state index is 8.50. The van der Waals surface area contributed by atoms with Gasteiger partial charge in [0.05, 0.1) is 26.4 Å². The first-order chi connectivity index (χ1) is 8.31. The normalized spacial score (nSPS) is 12.9. The second-order valence-corrected chi connectivity index (χ2v) is 4.69. The summed E-state index contributed by atoms with van der Waals surface area (Å²) in [7, 11) is 0. The fourth-order valence-electron chi connectivity index (χ4n) is 1.73. The lowest BCUT2D eigenvalue weighted by atomic mass is 10.00. The predicted molar refractivity (Wildman–Crippen MR) is 71.3 cm³/mol. The van der Waals surface area contributed by atoms with Gasteiger partial charge in [-0.25, -0.2) is 0 Å². The number of ether oxygens (including phenoxy) is 2. The molecular formula is C14H30O3. The fraction of sp³-hybridized carbons (Fsp3) is 1.00. The highest BCUT2D eigenvalue weighted by Crippen LogP contribution is 2.13. The van der Waals surface area contributed by atoms with Crippen molar-refractivity contribution >= 4 is 0 Å². The minimum absolute atomic E-state index is 0.0921. The molecule has 0 aliphatic carbocycles. The van der Waals surface area contributed by atoms with Crippen LogP contribution >= 0.6 is 0 Å². The minimum Gasteiger partial charge on any atom is -0.394 e. The van der Waals surface area contributed by atoms with Crippen molar-refractivity contribution in [2.24, 2.45) is 5.92 Å². The maximum Gasteiger partial charge on any atom is 0.0701 e. The molecule has 0 saturated heterocycles. The first-order valence-corrected chi connectivity index (χ1v) is 7.07. The third-order valence-corrected chi connectivity index (χ3v) is 2.91. The molecule has 0 heterocycles. The Bertz CT molecular complexity index is 139. The topological polar surface area (TPSA) is 38.7 Å². The van der Waals surface area contributed by atoms with Gasteiger partial charge in [-0.15, -0.1) is 0 Å². The minimum atomic E-state index is 0.0921. The van der Waals surface area contributed by atoms with E-state index in [1.807, 2.05) is 0 Å². The van der Waals surface area contributed by atoms with Crippen molar-refractivity contribution in [1.82, 2.24) is 0 Å². The van der Waals surface area contributed by atoms with Gasteiger partial charge in [-0.05, 0) is 12.3 Å². The van der Waals surface area contributed by atoms with Gasteiger partial charge in [0.15, 0.2) is 0 Å². The Labute approximate surface area is 107 Å². The van der Waals surface area contributed by atoms with Crippen LogP contribution in [0.5, 0.6) is 0 Å². The van der Waals surface area contributed by atoms with E-state index in [0.29, 0.717) is 19.8 Å². The molecule has 0 aromatic rings. The van der Waals surface area contributed by atoms with Gasteiger partial charge in [0.2, 0.25) is 0 Å². The molecule has 3 heteroatoms. The van der Waals surface area contributed by atoms with Crippen LogP contribution in [0.15, 0.2) is 0 Å². The zero-order chi connectivity index (χ0) is 12.8. The molecule has 1 N–H and O–H groups in total. The van der Waals surface area contributed by atoms with Crippen LogP contribution in [0.3, 0.4) is 0 Å². The van der Waals surface area contributed by atoms with E-state index in [2.05, 4.69) is 13.8 Å². The zero-order valence-corrected chi connectivity index (χ0v) is 11.6. The van der Waals surface area contributed by atoms with E-state index < -0.39 is 0 Å². The van der Waals surface area contributed by atoms with Crippen LogP contribution < -0.4 is 0 Å². The van der Waals surface area contributed by atoms with E-state index in [0.717, 1.165) is 18.9 Å². The fourth-order valence-corrected chi connectivity index (χ4v) is 1.73. The van der Waals surface area contributed by atoms with Gasteiger partial charge in [-0.1, -0.05) is 46.0 Å². The van der Waals surface area contributed by atoms with Crippen molar-refractivity contribution in [3.05, 3.63) is 0 Å². The largest absolute Gasteiger partial charge is 0.394 e. The van der Waals surface area contributed by atoms with E-state index in [4.69, 9.17) is 14.6 Å². The van der Waals surface area contributed by atoms with E-state index >= 15 is 0 Å². The Morgan fingerprint density at radius 2 is 1.59 bits per heavy atom. The predicted octanol–water partition coefficient (Wildman–Crippen LogP) is 3.01. The summed E-state index contributed by atoms with van der Waals surface area (Å²) >= 11 is 0. The molecule has 0 aromatic heterocycles. The molecule has 0 spiro atoms. The molecule has 1 unspecified atom stereocenters. The highest BCUT2D eigenvalue weighted by Gasteiger charge is 2.01. The summed E-state index contributed by atoms with van der Waals surface area (Å²) in [5.41, 5.74) is 0. The van der Waals surface area contributed by atoms with Crippen LogP contribution in [-0.4, -0.2) is 38.1 Å². The lowest BCUT2D eigenvalue weighted by Crippen LogP contribution is -2.09. The monoisotopic (exact) mass is 246 g/mol. The lowest BCUT2D eigenvalue weighted by molar-refractivity contribution is 0.0297. The van der Waals surface area contributed by atoms with Gasteiger partial charge in [-0.2, -0.15) is 0 Å². The van der Waals surface area contributed by atoms with Crippen LogP contribution in [0.2, 0.25) is 0 Å². The first kappa shape index (κ1) is 16.9. The van der Waals surface area contributed by atoms with Crippen LogP contribution in [-0.2, 0) is 9.47 Å². The summed E-state index contributed by atoms with van der Waals surface area (Å²) in [5.74, 6) is 0.769. The molecule has 0 rings (SSSR count). The summed E-state index contributed by atoms with van der Waals surface area (Å²) in [5, 5.41) is 8.50. The van der Waals surface area contributed by atoms with E-state index in [1.54, 1.807) is 0 Å². The summed E-state index contributed by atoms with van der Waals surface area (Å²) in [6.07, 6.45) is 7.87. The Hall–Kier alpha value is -0.120. The molecule has 0 aliphatic heterocycles. The third-order valence-electron chi connectivity index (χ3n) is 2.91. The summed E-state index contributed by atoms with van der Waals surface area (Å²) in [6, 6.07) is 0.